The molecule has 0 fully saturated rings. The lowest BCUT2D eigenvalue weighted by Crippen LogP contribution is -2.27. The SMILES string of the molecule is CNc1cc(NC)c2c(c1)cc(NC)c[n+]2[O-]. The average molecular weight is 232 g/mol. The number of rotatable bonds is 3. The molecule has 90 valence electrons. The van der Waals surface area contributed by atoms with Crippen LogP contribution in [0.25, 0.3) is 10.9 Å². The number of anilines is 3. The van der Waals surface area contributed by atoms with E-state index in [1.165, 1.54) is 6.20 Å². The Labute approximate surface area is 100 Å². The zero-order valence-electron chi connectivity index (χ0n) is 10.2. The van der Waals surface area contributed by atoms with E-state index in [1.54, 1.807) is 14.1 Å². The van der Waals surface area contributed by atoms with E-state index < -0.39 is 0 Å². The first-order valence-electron chi connectivity index (χ1n) is 5.44. The maximum atomic E-state index is 12.0. The molecule has 1 aromatic heterocycles. The molecule has 2 aromatic rings. The third-order valence-corrected chi connectivity index (χ3v) is 2.77. The highest BCUT2D eigenvalue weighted by molar-refractivity contribution is 5.92. The summed E-state index contributed by atoms with van der Waals surface area (Å²) >= 11 is 0. The molecule has 1 aromatic carbocycles. The lowest BCUT2D eigenvalue weighted by molar-refractivity contribution is -0.575. The van der Waals surface area contributed by atoms with E-state index in [0.717, 1.165) is 27.2 Å². The summed E-state index contributed by atoms with van der Waals surface area (Å²) in [7, 11) is 5.45. The first-order chi connectivity index (χ1) is 8.19. The molecule has 0 atom stereocenters. The quantitative estimate of drug-likeness (QED) is 0.555. The monoisotopic (exact) mass is 232 g/mol. The summed E-state index contributed by atoms with van der Waals surface area (Å²) in [6, 6.07) is 5.81. The van der Waals surface area contributed by atoms with Gasteiger partial charge < -0.3 is 21.2 Å². The van der Waals surface area contributed by atoms with E-state index in [0.29, 0.717) is 5.52 Å². The van der Waals surface area contributed by atoms with Crippen molar-refractivity contribution in [3.8, 4) is 0 Å². The summed E-state index contributed by atoms with van der Waals surface area (Å²) in [5, 5.41) is 21.9. The topological polar surface area (TPSA) is 63.0 Å². The second kappa shape index (κ2) is 4.37. The Hall–Kier alpha value is -2.17. The molecule has 0 spiro atoms. The number of hydrogen-bond donors (Lipinski definition) is 3. The van der Waals surface area contributed by atoms with Crippen molar-refractivity contribution in [3.63, 3.8) is 0 Å². The largest absolute Gasteiger partial charge is 0.618 e. The van der Waals surface area contributed by atoms with Gasteiger partial charge >= 0.3 is 0 Å². The molecule has 17 heavy (non-hydrogen) atoms. The summed E-state index contributed by atoms with van der Waals surface area (Å²) in [5.74, 6) is 0. The number of hydrogen-bond acceptors (Lipinski definition) is 4. The van der Waals surface area contributed by atoms with Crippen LogP contribution in [0.2, 0.25) is 0 Å². The van der Waals surface area contributed by atoms with Crippen LogP contribution in [0.3, 0.4) is 0 Å². The molecule has 0 aliphatic rings. The van der Waals surface area contributed by atoms with Crippen molar-refractivity contribution in [2.45, 2.75) is 0 Å². The van der Waals surface area contributed by atoms with Gasteiger partial charge in [-0.2, -0.15) is 4.73 Å². The summed E-state index contributed by atoms with van der Waals surface area (Å²) < 4.78 is 0.881. The second-order valence-electron chi connectivity index (χ2n) is 3.77. The highest BCUT2D eigenvalue weighted by Gasteiger charge is 2.12. The maximum Gasteiger partial charge on any atom is 0.247 e. The molecule has 1 heterocycles. The maximum absolute atomic E-state index is 12.0. The highest BCUT2D eigenvalue weighted by Crippen LogP contribution is 2.26. The van der Waals surface area contributed by atoms with Gasteiger partial charge in [0.15, 0.2) is 0 Å². The average Bonchev–Trinajstić information content (AvgIpc) is 2.36. The van der Waals surface area contributed by atoms with Gasteiger partial charge in [0.05, 0.1) is 5.39 Å². The third-order valence-electron chi connectivity index (χ3n) is 2.77. The Bertz CT molecular complexity index is 548. The minimum atomic E-state index is 0.644. The van der Waals surface area contributed by atoms with Crippen molar-refractivity contribution >= 4 is 28.0 Å². The fraction of sp³-hybridized carbons (Fsp3) is 0.250. The molecular formula is C12H16N4O. The Kier molecular flexibility index (Phi) is 2.91. The number of fused-ring (bicyclic) bond motifs is 1. The molecule has 5 heteroatoms. The number of pyridine rings is 1. The summed E-state index contributed by atoms with van der Waals surface area (Å²) in [4.78, 5) is 0. The Balaban J connectivity index is 2.79. The first-order valence-corrected chi connectivity index (χ1v) is 5.44. The zero-order chi connectivity index (χ0) is 12.4. The molecule has 0 saturated heterocycles. The standard InChI is InChI=1S/C12H16N4O/c1-13-9-4-8-5-10(14-2)7-16(17)12(8)11(6-9)15-3/h4-7,13-15H,1-3H3. The van der Waals surface area contributed by atoms with Gasteiger partial charge in [-0.15, -0.1) is 0 Å². The van der Waals surface area contributed by atoms with Gasteiger partial charge in [0, 0.05) is 26.8 Å². The van der Waals surface area contributed by atoms with E-state index >= 15 is 0 Å². The van der Waals surface area contributed by atoms with Crippen molar-refractivity contribution in [1.29, 1.82) is 0 Å². The van der Waals surface area contributed by atoms with Gasteiger partial charge in [-0.3, -0.25) is 0 Å². The summed E-state index contributed by atoms with van der Waals surface area (Å²) in [6.45, 7) is 0. The lowest BCUT2D eigenvalue weighted by atomic mass is 10.1. The lowest BCUT2D eigenvalue weighted by Gasteiger charge is -2.11. The Morgan fingerprint density at radius 3 is 2.18 bits per heavy atom. The first kappa shape index (κ1) is 11.3. The minimum Gasteiger partial charge on any atom is -0.618 e. The van der Waals surface area contributed by atoms with Crippen LogP contribution in [-0.4, -0.2) is 21.1 Å². The number of aromatic nitrogens is 1. The van der Waals surface area contributed by atoms with Crippen molar-refractivity contribution in [3.05, 3.63) is 29.6 Å². The summed E-state index contributed by atoms with van der Waals surface area (Å²) in [6.07, 6.45) is 1.53. The Morgan fingerprint density at radius 2 is 1.59 bits per heavy atom. The zero-order valence-corrected chi connectivity index (χ0v) is 10.2. The van der Waals surface area contributed by atoms with Gasteiger partial charge in [0.25, 0.3) is 0 Å². The molecule has 3 N–H and O–H groups in total. The van der Waals surface area contributed by atoms with Crippen molar-refractivity contribution in [1.82, 2.24) is 0 Å². The number of nitrogens with one attached hydrogen (secondary N) is 3. The highest BCUT2D eigenvalue weighted by atomic mass is 16.5. The van der Waals surface area contributed by atoms with Crippen molar-refractivity contribution < 1.29 is 4.73 Å². The van der Waals surface area contributed by atoms with Crippen LogP contribution in [0.4, 0.5) is 17.1 Å². The molecule has 0 saturated carbocycles. The van der Waals surface area contributed by atoms with Gasteiger partial charge in [-0.05, 0) is 18.2 Å². The minimum absolute atomic E-state index is 0.644. The van der Waals surface area contributed by atoms with E-state index in [9.17, 15) is 5.21 Å². The molecule has 2 rings (SSSR count). The molecule has 0 amide bonds. The van der Waals surface area contributed by atoms with E-state index in [-0.39, 0.29) is 0 Å². The van der Waals surface area contributed by atoms with E-state index in [1.807, 2.05) is 25.2 Å². The molecule has 0 radical (unpaired) electrons. The second-order valence-corrected chi connectivity index (χ2v) is 3.77. The molecule has 0 aliphatic heterocycles. The normalized spacial score (nSPS) is 10.3. The fourth-order valence-electron chi connectivity index (χ4n) is 1.88. The molecule has 0 aliphatic carbocycles. The summed E-state index contributed by atoms with van der Waals surface area (Å²) in [5.41, 5.74) is 3.22. The molecular weight excluding hydrogens is 216 g/mol. The van der Waals surface area contributed by atoms with Crippen LogP contribution in [0.5, 0.6) is 0 Å². The molecule has 0 bridgehead atoms. The van der Waals surface area contributed by atoms with Crippen molar-refractivity contribution in [2.24, 2.45) is 0 Å². The van der Waals surface area contributed by atoms with Gasteiger partial charge in [-0.1, -0.05) is 0 Å². The fourth-order valence-corrected chi connectivity index (χ4v) is 1.88. The van der Waals surface area contributed by atoms with Gasteiger partial charge in [0.1, 0.15) is 11.4 Å². The number of nitrogens with zero attached hydrogens (tertiary/aromatic N) is 1. The smallest absolute Gasteiger partial charge is 0.247 e. The van der Waals surface area contributed by atoms with Crippen LogP contribution in [0.1, 0.15) is 0 Å². The molecule has 0 unspecified atom stereocenters. The van der Waals surface area contributed by atoms with Crippen LogP contribution in [-0.2, 0) is 0 Å². The van der Waals surface area contributed by atoms with Gasteiger partial charge in [0.2, 0.25) is 11.7 Å². The van der Waals surface area contributed by atoms with Crippen molar-refractivity contribution in [2.75, 3.05) is 37.1 Å². The van der Waals surface area contributed by atoms with Crippen LogP contribution >= 0.6 is 0 Å². The molecule has 5 nitrogen and oxygen atoms in total. The van der Waals surface area contributed by atoms with Crippen LogP contribution in [0.15, 0.2) is 24.4 Å². The predicted octanol–water partition coefficient (Wildman–Crippen LogP) is 1.60. The van der Waals surface area contributed by atoms with Gasteiger partial charge in [-0.25, -0.2) is 0 Å². The van der Waals surface area contributed by atoms with Crippen LogP contribution < -0.4 is 20.7 Å². The third kappa shape index (κ3) is 1.91. The number of benzene rings is 1. The predicted molar refractivity (Wildman–Crippen MR) is 71.5 cm³/mol. The van der Waals surface area contributed by atoms with E-state index in [2.05, 4.69) is 16.0 Å². The Morgan fingerprint density at radius 1 is 0.941 bits per heavy atom. The van der Waals surface area contributed by atoms with Crippen LogP contribution in [0, 0.1) is 5.21 Å². The van der Waals surface area contributed by atoms with E-state index in [4.69, 9.17) is 0 Å².